The Kier molecular flexibility index (Phi) is 8.65. The number of guanidine groups is 1. The van der Waals surface area contributed by atoms with Gasteiger partial charge in [0.2, 0.25) is 0 Å². The highest BCUT2D eigenvalue weighted by Gasteiger charge is 2.15. The van der Waals surface area contributed by atoms with Crippen LogP contribution in [0.5, 0.6) is 0 Å². The molecule has 3 rings (SSSR count). The van der Waals surface area contributed by atoms with Gasteiger partial charge >= 0.3 is 0 Å². The Morgan fingerprint density at radius 1 is 1.29 bits per heavy atom. The van der Waals surface area contributed by atoms with Crippen LogP contribution in [0, 0.1) is 5.92 Å². The number of hydrogen-bond acceptors (Lipinski definition) is 4. The molecule has 28 heavy (non-hydrogen) atoms. The minimum Gasteiger partial charge on any atom is -0.381 e. The van der Waals surface area contributed by atoms with Crippen LogP contribution >= 0.6 is 0 Å². The molecule has 0 aromatic heterocycles. The molecule has 0 radical (unpaired) electrons. The second-order valence-corrected chi connectivity index (χ2v) is 7.33. The molecule has 2 N–H and O–H groups in total. The van der Waals surface area contributed by atoms with E-state index in [2.05, 4.69) is 58.9 Å². The van der Waals surface area contributed by atoms with Crippen LogP contribution in [0.3, 0.4) is 0 Å². The topological polar surface area (TPSA) is 58.1 Å². The van der Waals surface area contributed by atoms with Crippen molar-refractivity contribution in [1.82, 2.24) is 10.6 Å². The predicted molar refractivity (Wildman–Crippen MR) is 115 cm³/mol. The highest BCUT2D eigenvalue weighted by molar-refractivity contribution is 5.79. The zero-order valence-corrected chi connectivity index (χ0v) is 17.0. The summed E-state index contributed by atoms with van der Waals surface area (Å²) in [6.07, 6.45) is 6.52. The van der Waals surface area contributed by atoms with E-state index in [-0.39, 0.29) is 0 Å². The first-order valence-corrected chi connectivity index (χ1v) is 10.5. The lowest BCUT2D eigenvalue weighted by atomic mass is 10.1. The lowest BCUT2D eigenvalue weighted by molar-refractivity contribution is 0.0888. The Morgan fingerprint density at radius 3 is 2.96 bits per heavy atom. The van der Waals surface area contributed by atoms with Gasteiger partial charge in [-0.25, -0.2) is 4.99 Å². The van der Waals surface area contributed by atoms with Gasteiger partial charge in [0, 0.05) is 51.0 Å². The Balaban J connectivity index is 1.39. The summed E-state index contributed by atoms with van der Waals surface area (Å²) in [5, 5.41) is 6.72. The third-order valence-electron chi connectivity index (χ3n) is 4.99. The highest BCUT2D eigenvalue weighted by Crippen LogP contribution is 2.19. The minimum atomic E-state index is 0.582. The number of nitrogens with one attached hydrogen (secondary N) is 2. The fourth-order valence-corrected chi connectivity index (χ4v) is 3.40. The van der Waals surface area contributed by atoms with Crippen LogP contribution < -0.4 is 15.5 Å². The van der Waals surface area contributed by atoms with Crippen molar-refractivity contribution in [3.8, 4) is 0 Å². The zero-order valence-electron chi connectivity index (χ0n) is 17.0. The predicted octanol–water partition coefficient (Wildman–Crippen LogP) is 2.56. The van der Waals surface area contributed by atoms with Crippen LogP contribution in [-0.2, 0) is 16.0 Å². The summed E-state index contributed by atoms with van der Waals surface area (Å²) in [5.74, 6) is 1.44. The van der Waals surface area contributed by atoms with E-state index in [4.69, 9.17) is 14.5 Å². The van der Waals surface area contributed by atoms with E-state index >= 15 is 0 Å². The molecule has 0 aliphatic carbocycles. The number of hydrogen-bond donors (Lipinski definition) is 2. The third-order valence-corrected chi connectivity index (χ3v) is 4.99. The summed E-state index contributed by atoms with van der Waals surface area (Å²) < 4.78 is 11.1. The Labute approximate surface area is 169 Å². The van der Waals surface area contributed by atoms with Crippen molar-refractivity contribution in [2.24, 2.45) is 10.9 Å². The molecule has 1 saturated heterocycles. The lowest BCUT2D eigenvalue weighted by Crippen LogP contribution is -2.38. The van der Waals surface area contributed by atoms with Gasteiger partial charge in [-0.05, 0) is 37.5 Å². The van der Waals surface area contributed by atoms with E-state index in [1.165, 1.54) is 11.3 Å². The van der Waals surface area contributed by atoms with Gasteiger partial charge in [0.05, 0.1) is 19.8 Å². The SMILES string of the molecule is CCNC(=NCc1cccc(N2CC=CC2)c1)NCCCOCC1CCOC1. The molecular weight excluding hydrogens is 352 g/mol. The number of anilines is 1. The van der Waals surface area contributed by atoms with Crippen LogP contribution in [0.15, 0.2) is 41.4 Å². The molecule has 1 aromatic rings. The van der Waals surface area contributed by atoms with Crippen molar-refractivity contribution < 1.29 is 9.47 Å². The van der Waals surface area contributed by atoms with Crippen molar-refractivity contribution >= 4 is 11.6 Å². The number of rotatable bonds is 10. The summed E-state index contributed by atoms with van der Waals surface area (Å²) in [5.41, 5.74) is 2.49. The largest absolute Gasteiger partial charge is 0.381 e. The normalized spacial score (nSPS) is 19.4. The Hall–Kier alpha value is -2.05. The molecule has 0 spiro atoms. The molecule has 0 amide bonds. The average molecular weight is 387 g/mol. The van der Waals surface area contributed by atoms with Crippen LogP contribution in [0.1, 0.15) is 25.3 Å². The first-order chi connectivity index (χ1) is 13.8. The number of aliphatic imine (C=N–C) groups is 1. The van der Waals surface area contributed by atoms with Crippen molar-refractivity contribution in [3.05, 3.63) is 42.0 Å². The van der Waals surface area contributed by atoms with Gasteiger partial charge in [0.15, 0.2) is 5.96 Å². The van der Waals surface area contributed by atoms with Gasteiger partial charge in [0.1, 0.15) is 0 Å². The van der Waals surface area contributed by atoms with Crippen molar-refractivity contribution in [3.63, 3.8) is 0 Å². The summed E-state index contributed by atoms with van der Waals surface area (Å²) in [4.78, 5) is 7.09. The van der Waals surface area contributed by atoms with Crippen molar-refractivity contribution in [2.45, 2.75) is 26.3 Å². The highest BCUT2D eigenvalue weighted by atomic mass is 16.5. The van der Waals surface area contributed by atoms with Crippen LogP contribution in [0.25, 0.3) is 0 Å². The van der Waals surface area contributed by atoms with Gasteiger partial charge in [-0.15, -0.1) is 0 Å². The van der Waals surface area contributed by atoms with E-state index < -0.39 is 0 Å². The second-order valence-electron chi connectivity index (χ2n) is 7.33. The average Bonchev–Trinajstić information content (AvgIpc) is 3.43. The van der Waals surface area contributed by atoms with Crippen molar-refractivity contribution in [1.29, 1.82) is 0 Å². The maximum Gasteiger partial charge on any atom is 0.191 e. The quantitative estimate of drug-likeness (QED) is 0.280. The van der Waals surface area contributed by atoms with Crippen LogP contribution in [-0.4, -0.2) is 58.6 Å². The van der Waals surface area contributed by atoms with E-state index in [0.29, 0.717) is 12.5 Å². The first kappa shape index (κ1) is 20.7. The van der Waals surface area contributed by atoms with Gasteiger partial charge in [-0.2, -0.15) is 0 Å². The smallest absolute Gasteiger partial charge is 0.191 e. The van der Waals surface area contributed by atoms with Gasteiger partial charge in [0.25, 0.3) is 0 Å². The molecule has 1 aromatic carbocycles. The van der Waals surface area contributed by atoms with E-state index in [0.717, 1.165) is 71.4 Å². The summed E-state index contributed by atoms with van der Waals surface area (Å²) in [7, 11) is 0. The summed E-state index contributed by atoms with van der Waals surface area (Å²) in [6.45, 7) is 9.77. The molecule has 1 atom stereocenters. The van der Waals surface area contributed by atoms with E-state index in [9.17, 15) is 0 Å². The molecule has 2 aliphatic heterocycles. The van der Waals surface area contributed by atoms with Gasteiger partial charge < -0.3 is 25.0 Å². The number of ether oxygens (including phenoxy) is 2. The Morgan fingerprint density at radius 2 is 2.18 bits per heavy atom. The molecular formula is C22H34N4O2. The van der Waals surface area contributed by atoms with Crippen LogP contribution in [0.2, 0.25) is 0 Å². The molecule has 0 bridgehead atoms. The van der Waals surface area contributed by atoms with Gasteiger partial charge in [-0.1, -0.05) is 24.3 Å². The van der Waals surface area contributed by atoms with Gasteiger partial charge in [-0.3, -0.25) is 0 Å². The first-order valence-electron chi connectivity index (χ1n) is 10.5. The molecule has 2 aliphatic rings. The zero-order chi connectivity index (χ0) is 19.4. The second kappa shape index (κ2) is 11.7. The molecule has 6 nitrogen and oxygen atoms in total. The molecule has 0 saturated carbocycles. The lowest BCUT2D eigenvalue weighted by Gasteiger charge is -2.18. The standard InChI is InChI=1S/C22H34N4O2/c1-2-23-22(24-10-6-13-27-17-20-9-14-28-18-20)25-16-19-7-5-8-21(15-19)26-11-3-4-12-26/h3-5,7-8,15,20H,2,6,9-14,16-18H2,1H3,(H2,23,24,25). The van der Waals surface area contributed by atoms with Crippen LogP contribution in [0.4, 0.5) is 5.69 Å². The van der Waals surface area contributed by atoms with Crippen molar-refractivity contribution in [2.75, 3.05) is 57.5 Å². The molecule has 2 heterocycles. The molecule has 6 heteroatoms. The third kappa shape index (κ3) is 6.84. The summed E-state index contributed by atoms with van der Waals surface area (Å²) >= 11 is 0. The minimum absolute atomic E-state index is 0.582. The number of benzene rings is 1. The molecule has 1 fully saturated rings. The maximum absolute atomic E-state index is 5.76. The van der Waals surface area contributed by atoms with E-state index in [1.54, 1.807) is 0 Å². The monoisotopic (exact) mass is 386 g/mol. The Bertz CT molecular complexity index is 633. The van der Waals surface area contributed by atoms with E-state index in [1.807, 2.05) is 0 Å². The maximum atomic E-state index is 5.76. The molecule has 154 valence electrons. The molecule has 1 unspecified atom stereocenters. The summed E-state index contributed by atoms with van der Waals surface area (Å²) in [6, 6.07) is 8.66. The fourth-order valence-electron chi connectivity index (χ4n) is 3.40. The number of nitrogens with zero attached hydrogens (tertiary/aromatic N) is 2. The fraction of sp³-hybridized carbons (Fsp3) is 0.591.